The summed E-state index contributed by atoms with van der Waals surface area (Å²) >= 11 is 0. The average Bonchev–Trinajstić information content (AvgIpc) is 2.37. The Labute approximate surface area is 107 Å². The summed E-state index contributed by atoms with van der Waals surface area (Å²) in [5, 5.41) is 15.2. The smallest absolute Gasteiger partial charge is 0.0662 e. The van der Waals surface area contributed by atoms with Gasteiger partial charge in [0, 0.05) is 13.2 Å². The van der Waals surface area contributed by atoms with Gasteiger partial charge in [-0.2, -0.15) is 0 Å². The van der Waals surface area contributed by atoms with Gasteiger partial charge in [-0.15, -0.1) is 0 Å². The van der Waals surface area contributed by atoms with Crippen LogP contribution in [0.1, 0.15) is 65.2 Å². The lowest BCUT2D eigenvalue weighted by atomic mass is 10.2. The van der Waals surface area contributed by atoms with Crippen molar-refractivity contribution < 1.29 is 14.9 Å². The molecule has 0 aromatic carbocycles. The standard InChI is InChI=1S/C12H26O.C2H6O2/c1-3-5-7-9-11-13-12-10-8-6-4-2;3-1-2-4/h3-12H2,1-2H3;3-4H,1-2H2. The zero-order chi connectivity index (χ0) is 13.2. The Hall–Kier alpha value is -0.120. The number of aliphatic hydroxyl groups is 2. The minimum atomic E-state index is -0.125. The summed E-state index contributed by atoms with van der Waals surface area (Å²) in [6, 6.07) is 0. The van der Waals surface area contributed by atoms with E-state index in [1.54, 1.807) is 0 Å². The summed E-state index contributed by atoms with van der Waals surface area (Å²) in [6.45, 7) is 6.19. The maximum absolute atomic E-state index is 7.62. The fourth-order valence-corrected chi connectivity index (χ4v) is 1.36. The highest BCUT2D eigenvalue weighted by atomic mass is 16.5. The Morgan fingerprint density at radius 3 is 1.35 bits per heavy atom. The van der Waals surface area contributed by atoms with Crippen molar-refractivity contribution in [3.63, 3.8) is 0 Å². The first-order valence-corrected chi connectivity index (χ1v) is 7.12. The predicted molar refractivity (Wildman–Crippen MR) is 73.3 cm³/mol. The van der Waals surface area contributed by atoms with Crippen LogP contribution >= 0.6 is 0 Å². The second kappa shape index (κ2) is 21.2. The van der Waals surface area contributed by atoms with Gasteiger partial charge in [0.05, 0.1) is 13.2 Å². The van der Waals surface area contributed by atoms with Gasteiger partial charge in [-0.3, -0.25) is 0 Å². The van der Waals surface area contributed by atoms with Crippen LogP contribution in [0.25, 0.3) is 0 Å². The van der Waals surface area contributed by atoms with Crippen LogP contribution in [-0.4, -0.2) is 36.6 Å². The molecule has 0 aromatic rings. The quantitative estimate of drug-likeness (QED) is 0.552. The van der Waals surface area contributed by atoms with E-state index in [9.17, 15) is 0 Å². The molecule has 0 aliphatic rings. The van der Waals surface area contributed by atoms with E-state index in [0.717, 1.165) is 13.2 Å². The van der Waals surface area contributed by atoms with E-state index in [4.69, 9.17) is 14.9 Å². The van der Waals surface area contributed by atoms with E-state index in [1.165, 1.54) is 51.4 Å². The first-order chi connectivity index (χ1) is 8.33. The molecular formula is C14H32O3. The van der Waals surface area contributed by atoms with Crippen molar-refractivity contribution in [2.45, 2.75) is 65.2 Å². The molecule has 0 saturated carbocycles. The fraction of sp³-hybridized carbons (Fsp3) is 1.00. The Bertz CT molecular complexity index is 95.6. The molecule has 3 heteroatoms. The second-order valence-electron chi connectivity index (χ2n) is 4.18. The van der Waals surface area contributed by atoms with Crippen molar-refractivity contribution >= 4 is 0 Å². The predicted octanol–water partition coefficient (Wildman–Crippen LogP) is 3.13. The number of hydrogen-bond donors (Lipinski definition) is 2. The van der Waals surface area contributed by atoms with Crippen LogP contribution in [0.4, 0.5) is 0 Å². The number of unbranched alkanes of at least 4 members (excludes halogenated alkanes) is 6. The molecule has 0 rings (SSSR count). The van der Waals surface area contributed by atoms with E-state index in [-0.39, 0.29) is 13.2 Å². The Morgan fingerprint density at radius 2 is 1.06 bits per heavy atom. The molecule has 0 atom stereocenters. The van der Waals surface area contributed by atoms with Gasteiger partial charge >= 0.3 is 0 Å². The third-order valence-electron chi connectivity index (χ3n) is 2.38. The lowest BCUT2D eigenvalue weighted by Crippen LogP contribution is -1.96. The van der Waals surface area contributed by atoms with Crippen LogP contribution in [0, 0.1) is 0 Å². The highest BCUT2D eigenvalue weighted by Gasteiger charge is 1.90. The van der Waals surface area contributed by atoms with Gasteiger partial charge < -0.3 is 14.9 Å². The number of hydrogen-bond acceptors (Lipinski definition) is 3. The molecule has 106 valence electrons. The average molecular weight is 248 g/mol. The summed E-state index contributed by atoms with van der Waals surface area (Å²) in [7, 11) is 0. The molecule has 0 bridgehead atoms. The molecule has 0 aliphatic carbocycles. The second-order valence-corrected chi connectivity index (χ2v) is 4.18. The first kappa shape index (κ1) is 19.2. The van der Waals surface area contributed by atoms with Crippen molar-refractivity contribution in [3.8, 4) is 0 Å². The van der Waals surface area contributed by atoms with E-state index in [0.29, 0.717) is 0 Å². The van der Waals surface area contributed by atoms with Crippen molar-refractivity contribution in [1.82, 2.24) is 0 Å². The van der Waals surface area contributed by atoms with E-state index >= 15 is 0 Å². The molecule has 0 fully saturated rings. The van der Waals surface area contributed by atoms with Gasteiger partial charge in [0.25, 0.3) is 0 Å². The minimum absolute atomic E-state index is 0.125. The molecule has 0 amide bonds. The SMILES string of the molecule is CCCCCCOCCCCCC.OCCO. The van der Waals surface area contributed by atoms with Crippen molar-refractivity contribution in [2.24, 2.45) is 0 Å². The normalized spacial score (nSPS) is 9.88. The Balaban J connectivity index is 0. The van der Waals surface area contributed by atoms with Crippen LogP contribution in [0.2, 0.25) is 0 Å². The molecule has 3 nitrogen and oxygen atoms in total. The van der Waals surface area contributed by atoms with Gasteiger partial charge in [-0.25, -0.2) is 0 Å². The third-order valence-corrected chi connectivity index (χ3v) is 2.38. The molecule has 17 heavy (non-hydrogen) atoms. The monoisotopic (exact) mass is 248 g/mol. The number of ether oxygens (including phenoxy) is 1. The van der Waals surface area contributed by atoms with Crippen molar-refractivity contribution in [1.29, 1.82) is 0 Å². The molecule has 0 saturated heterocycles. The van der Waals surface area contributed by atoms with Crippen molar-refractivity contribution in [2.75, 3.05) is 26.4 Å². The summed E-state index contributed by atoms with van der Waals surface area (Å²) in [4.78, 5) is 0. The van der Waals surface area contributed by atoms with Gasteiger partial charge in [-0.05, 0) is 12.8 Å². The van der Waals surface area contributed by atoms with Gasteiger partial charge in [0.15, 0.2) is 0 Å². The summed E-state index contributed by atoms with van der Waals surface area (Å²) in [5.74, 6) is 0. The molecule has 0 heterocycles. The lowest BCUT2D eigenvalue weighted by molar-refractivity contribution is 0.126. The fourth-order valence-electron chi connectivity index (χ4n) is 1.36. The zero-order valence-corrected chi connectivity index (χ0v) is 11.8. The van der Waals surface area contributed by atoms with E-state index < -0.39 is 0 Å². The third kappa shape index (κ3) is 25.8. The van der Waals surface area contributed by atoms with Crippen LogP contribution in [-0.2, 0) is 4.74 Å². The number of rotatable bonds is 11. The van der Waals surface area contributed by atoms with Gasteiger partial charge in [0.2, 0.25) is 0 Å². The number of aliphatic hydroxyl groups excluding tert-OH is 2. The summed E-state index contributed by atoms with van der Waals surface area (Å²) in [6.07, 6.45) is 10.5. The van der Waals surface area contributed by atoms with Crippen LogP contribution in [0.15, 0.2) is 0 Å². The molecule has 0 unspecified atom stereocenters. The van der Waals surface area contributed by atoms with Crippen LogP contribution in [0.5, 0.6) is 0 Å². The molecular weight excluding hydrogens is 216 g/mol. The minimum Gasteiger partial charge on any atom is -0.394 e. The van der Waals surface area contributed by atoms with Crippen LogP contribution in [0.3, 0.4) is 0 Å². The lowest BCUT2D eigenvalue weighted by Gasteiger charge is -2.03. The van der Waals surface area contributed by atoms with Gasteiger partial charge in [0.1, 0.15) is 0 Å². The molecule has 0 aromatic heterocycles. The van der Waals surface area contributed by atoms with E-state index in [2.05, 4.69) is 13.8 Å². The molecule has 0 aliphatic heterocycles. The van der Waals surface area contributed by atoms with Crippen LogP contribution < -0.4 is 0 Å². The maximum atomic E-state index is 7.62. The zero-order valence-electron chi connectivity index (χ0n) is 11.8. The molecule has 0 radical (unpaired) electrons. The topological polar surface area (TPSA) is 49.7 Å². The first-order valence-electron chi connectivity index (χ1n) is 7.12. The van der Waals surface area contributed by atoms with E-state index in [1.807, 2.05) is 0 Å². The molecule has 0 spiro atoms. The maximum Gasteiger partial charge on any atom is 0.0662 e. The largest absolute Gasteiger partial charge is 0.394 e. The summed E-state index contributed by atoms with van der Waals surface area (Å²) in [5.41, 5.74) is 0. The molecule has 2 N–H and O–H groups in total. The van der Waals surface area contributed by atoms with Crippen molar-refractivity contribution in [3.05, 3.63) is 0 Å². The highest BCUT2D eigenvalue weighted by Crippen LogP contribution is 2.01. The van der Waals surface area contributed by atoms with Gasteiger partial charge in [-0.1, -0.05) is 52.4 Å². The Morgan fingerprint density at radius 1 is 0.647 bits per heavy atom. The highest BCUT2D eigenvalue weighted by molar-refractivity contribution is 4.41. The summed E-state index contributed by atoms with van der Waals surface area (Å²) < 4.78 is 5.53. The Kier molecular flexibility index (Phi) is 24.0.